The monoisotopic (exact) mass is 419 g/mol. The summed E-state index contributed by atoms with van der Waals surface area (Å²) in [5.74, 6) is 1.13. The lowest BCUT2D eigenvalue weighted by molar-refractivity contribution is -0.117. The van der Waals surface area contributed by atoms with Gasteiger partial charge in [-0.05, 0) is 58.9 Å². The van der Waals surface area contributed by atoms with Crippen LogP contribution in [-0.2, 0) is 9.53 Å². The Morgan fingerprint density at radius 2 is 1.97 bits per heavy atom. The second-order valence-corrected chi connectivity index (χ2v) is 9.75. The summed E-state index contributed by atoms with van der Waals surface area (Å²) in [6, 6.07) is 2.28. The zero-order valence-electron chi connectivity index (χ0n) is 18.9. The number of carbonyl (C=O) groups excluding carboxylic acids is 2. The molecule has 2 heterocycles. The van der Waals surface area contributed by atoms with Crippen LogP contribution in [0.2, 0.25) is 0 Å². The first-order valence-electron chi connectivity index (χ1n) is 11.2. The van der Waals surface area contributed by atoms with E-state index >= 15 is 0 Å². The number of anilines is 1. The van der Waals surface area contributed by atoms with Gasteiger partial charge in [0.15, 0.2) is 0 Å². The molecule has 1 N–H and O–H groups in total. The molecule has 30 heavy (non-hydrogen) atoms. The molecular weight excluding hydrogens is 382 g/mol. The molecule has 168 valence electrons. The van der Waals surface area contributed by atoms with Gasteiger partial charge in [0, 0.05) is 26.2 Å². The molecule has 8 nitrogen and oxygen atoms in total. The number of carbonyl (C=O) groups is 2. The first-order valence-corrected chi connectivity index (χ1v) is 11.2. The van der Waals surface area contributed by atoms with Gasteiger partial charge in [0.25, 0.3) is 0 Å². The van der Waals surface area contributed by atoms with Crippen LogP contribution in [0.5, 0.6) is 0 Å². The molecule has 3 rings (SSSR count). The quantitative estimate of drug-likeness (QED) is 0.763. The van der Waals surface area contributed by atoms with Crippen LogP contribution in [0.1, 0.15) is 65.3 Å². The lowest BCUT2D eigenvalue weighted by Gasteiger charge is -2.34. The fourth-order valence-electron chi connectivity index (χ4n) is 4.48. The first kappa shape index (κ1) is 22.6. The molecule has 1 saturated carbocycles. The molecule has 2 fully saturated rings. The number of nitrogens with one attached hydrogen (secondary N) is 1. The maximum absolute atomic E-state index is 12.7. The van der Waals surface area contributed by atoms with Crippen LogP contribution in [-0.4, -0.2) is 70.4 Å². The van der Waals surface area contributed by atoms with E-state index in [0.29, 0.717) is 25.0 Å². The van der Waals surface area contributed by atoms with Crippen LogP contribution in [0, 0.1) is 5.92 Å². The summed E-state index contributed by atoms with van der Waals surface area (Å²) in [6.45, 7) is 8.34. The highest BCUT2D eigenvalue weighted by Gasteiger charge is 2.27. The minimum atomic E-state index is -0.493. The van der Waals surface area contributed by atoms with Gasteiger partial charge in [-0.3, -0.25) is 9.69 Å². The minimum absolute atomic E-state index is 0.00380. The molecule has 0 radical (unpaired) electrons. The topological polar surface area (TPSA) is 79.7 Å². The number of ether oxygens (including phenoxy) is 1. The van der Waals surface area contributed by atoms with Gasteiger partial charge in [0.1, 0.15) is 11.4 Å². The third-order valence-electron chi connectivity index (χ3n) is 5.82. The lowest BCUT2D eigenvalue weighted by atomic mass is 9.97. The van der Waals surface area contributed by atoms with E-state index < -0.39 is 5.60 Å². The van der Waals surface area contributed by atoms with Crippen molar-refractivity contribution in [2.24, 2.45) is 5.92 Å². The van der Waals surface area contributed by atoms with Gasteiger partial charge in [-0.25, -0.2) is 9.48 Å². The molecule has 1 aromatic rings. The highest BCUT2D eigenvalue weighted by molar-refractivity contribution is 5.91. The number of piperidine rings is 1. The van der Waals surface area contributed by atoms with E-state index in [2.05, 4.69) is 15.3 Å². The molecule has 1 aliphatic heterocycles. The van der Waals surface area contributed by atoms with Crippen LogP contribution in [0.4, 0.5) is 10.6 Å². The molecule has 1 atom stereocenters. The van der Waals surface area contributed by atoms with Crippen molar-refractivity contribution in [2.75, 3.05) is 38.5 Å². The number of hydrogen-bond acceptors (Lipinski definition) is 5. The second kappa shape index (κ2) is 9.81. The number of likely N-dealkylation sites (tertiary alicyclic amines) is 1. The molecule has 0 bridgehead atoms. The van der Waals surface area contributed by atoms with Crippen LogP contribution in [0.25, 0.3) is 0 Å². The molecule has 2 aliphatic rings. The van der Waals surface area contributed by atoms with E-state index in [-0.39, 0.29) is 12.0 Å². The van der Waals surface area contributed by atoms with E-state index in [1.54, 1.807) is 18.1 Å². The average Bonchev–Trinajstić information content (AvgIpc) is 3.31. The Kier molecular flexibility index (Phi) is 7.39. The van der Waals surface area contributed by atoms with Crippen LogP contribution >= 0.6 is 0 Å². The van der Waals surface area contributed by atoms with Crippen molar-refractivity contribution in [1.82, 2.24) is 19.6 Å². The first-order chi connectivity index (χ1) is 14.2. The van der Waals surface area contributed by atoms with Gasteiger partial charge in [-0.1, -0.05) is 12.8 Å². The summed E-state index contributed by atoms with van der Waals surface area (Å²) in [5, 5.41) is 7.47. The smallest absolute Gasteiger partial charge is 0.410 e. The summed E-state index contributed by atoms with van der Waals surface area (Å²) in [5.41, 5.74) is -0.493. The Labute approximate surface area is 179 Å². The summed E-state index contributed by atoms with van der Waals surface area (Å²) < 4.78 is 7.42. The Morgan fingerprint density at radius 1 is 1.23 bits per heavy atom. The van der Waals surface area contributed by atoms with Crippen molar-refractivity contribution >= 4 is 17.8 Å². The van der Waals surface area contributed by atoms with E-state index in [4.69, 9.17) is 4.74 Å². The predicted molar refractivity (Wildman–Crippen MR) is 116 cm³/mol. The maximum atomic E-state index is 12.7. The summed E-state index contributed by atoms with van der Waals surface area (Å²) in [7, 11) is 1.78. The molecule has 8 heteroatoms. The fraction of sp³-hybridized carbons (Fsp3) is 0.773. The van der Waals surface area contributed by atoms with Crippen molar-refractivity contribution in [3.8, 4) is 0 Å². The Hall–Kier alpha value is -2.09. The van der Waals surface area contributed by atoms with Gasteiger partial charge < -0.3 is 15.0 Å². The highest BCUT2D eigenvalue weighted by atomic mass is 16.6. The SMILES string of the molecule is CN(CC1CCCN(CC(=O)Nc2ccnn2C2CCCC2)C1)C(=O)OC(C)(C)C. The van der Waals surface area contributed by atoms with E-state index in [1.165, 1.54) is 12.8 Å². The average molecular weight is 420 g/mol. The van der Waals surface area contributed by atoms with Gasteiger partial charge in [0.05, 0.1) is 18.8 Å². The second-order valence-electron chi connectivity index (χ2n) is 9.75. The molecule has 1 aliphatic carbocycles. The number of nitrogens with zero attached hydrogens (tertiary/aromatic N) is 4. The summed E-state index contributed by atoms with van der Waals surface area (Å²) >= 11 is 0. The standard InChI is InChI=1S/C22H37N5O3/c1-22(2,3)30-21(29)25(4)14-17-8-7-13-26(15-17)16-20(28)24-19-11-12-23-27(19)18-9-5-6-10-18/h11-12,17-18H,5-10,13-16H2,1-4H3,(H,24,28). The lowest BCUT2D eigenvalue weighted by Crippen LogP contribution is -2.45. The van der Waals surface area contributed by atoms with Gasteiger partial charge in [-0.2, -0.15) is 5.10 Å². The summed E-state index contributed by atoms with van der Waals surface area (Å²) in [4.78, 5) is 28.7. The van der Waals surface area contributed by atoms with Gasteiger partial charge >= 0.3 is 6.09 Å². The highest BCUT2D eigenvalue weighted by Crippen LogP contribution is 2.31. The van der Waals surface area contributed by atoms with Gasteiger partial charge in [-0.15, -0.1) is 0 Å². The number of amides is 2. The van der Waals surface area contributed by atoms with Crippen LogP contribution in [0.15, 0.2) is 12.3 Å². The molecular formula is C22H37N5O3. The van der Waals surface area contributed by atoms with E-state index in [1.807, 2.05) is 31.5 Å². The normalized spacial score (nSPS) is 20.9. The molecule has 1 unspecified atom stereocenters. The van der Waals surface area contributed by atoms with E-state index in [0.717, 1.165) is 44.6 Å². The van der Waals surface area contributed by atoms with Crippen molar-refractivity contribution in [3.05, 3.63) is 12.3 Å². The predicted octanol–water partition coefficient (Wildman–Crippen LogP) is 3.52. The van der Waals surface area contributed by atoms with Crippen molar-refractivity contribution < 1.29 is 14.3 Å². The number of rotatable bonds is 6. The largest absolute Gasteiger partial charge is 0.444 e. The van der Waals surface area contributed by atoms with Crippen molar-refractivity contribution in [1.29, 1.82) is 0 Å². The Morgan fingerprint density at radius 3 is 2.67 bits per heavy atom. The maximum Gasteiger partial charge on any atom is 0.410 e. The Bertz CT molecular complexity index is 721. The number of hydrogen-bond donors (Lipinski definition) is 1. The van der Waals surface area contributed by atoms with Crippen LogP contribution in [0.3, 0.4) is 0 Å². The third kappa shape index (κ3) is 6.45. The summed E-state index contributed by atoms with van der Waals surface area (Å²) in [6.07, 6.45) is 8.26. The molecule has 1 aromatic heterocycles. The zero-order chi connectivity index (χ0) is 21.7. The zero-order valence-corrected chi connectivity index (χ0v) is 18.9. The van der Waals surface area contributed by atoms with Crippen molar-refractivity contribution in [2.45, 2.75) is 70.9 Å². The van der Waals surface area contributed by atoms with Crippen LogP contribution < -0.4 is 5.32 Å². The molecule has 2 amide bonds. The molecule has 0 aromatic carbocycles. The Balaban J connectivity index is 1.47. The number of aromatic nitrogens is 2. The fourth-order valence-corrected chi connectivity index (χ4v) is 4.48. The van der Waals surface area contributed by atoms with E-state index in [9.17, 15) is 9.59 Å². The molecule has 0 spiro atoms. The molecule has 1 saturated heterocycles. The van der Waals surface area contributed by atoms with Crippen molar-refractivity contribution in [3.63, 3.8) is 0 Å². The minimum Gasteiger partial charge on any atom is -0.444 e. The van der Waals surface area contributed by atoms with Gasteiger partial charge in [0.2, 0.25) is 5.91 Å². The third-order valence-corrected chi connectivity index (χ3v) is 5.82.